The number of hydrogen-bond acceptors (Lipinski definition) is 4. The van der Waals surface area contributed by atoms with Gasteiger partial charge in [-0.1, -0.05) is 0 Å². The molecule has 1 aliphatic carbocycles. The molecule has 1 heterocycles. The van der Waals surface area contributed by atoms with Crippen LogP contribution in [-0.2, 0) is 0 Å². The molecule has 0 bridgehead atoms. The molecule has 1 aromatic rings. The molecule has 1 saturated carbocycles. The van der Waals surface area contributed by atoms with Gasteiger partial charge in [0, 0.05) is 45.0 Å². The first-order valence-electron chi connectivity index (χ1n) is 8.22. The highest BCUT2D eigenvalue weighted by molar-refractivity contribution is 5.41. The Bertz CT molecular complexity index is 422. The maximum Gasteiger partial charge on any atom is 0.119 e. The fourth-order valence-corrected chi connectivity index (χ4v) is 2.90. The Morgan fingerprint density at radius 1 is 1.00 bits per heavy atom. The number of anilines is 1. The van der Waals surface area contributed by atoms with Crippen LogP contribution >= 0.6 is 0 Å². The van der Waals surface area contributed by atoms with Crippen LogP contribution in [0.25, 0.3) is 0 Å². The molecular weight excluding hydrogens is 262 g/mol. The molecule has 3 rings (SSSR count). The second kappa shape index (κ2) is 7.14. The topological polar surface area (TPSA) is 41.7 Å². The summed E-state index contributed by atoms with van der Waals surface area (Å²) in [6.07, 6.45) is 4.01. The van der Waals surface area contributed by atoms with Crippen molar-refractivity contribution in [2.45, 2.75) is 19.3 Å². The Morgan fingerprint density at radius 3 is 2.33 bits per heavy atom. The molecule has 0 amide bonds. The predicted octanol–water partition coefficient (Wildman–Crippen LogP) is 2.07. The molecule has 0 atom stereocenters. The van der Waals surface area contributed by atoms with E-state index in [4.69, 9.17) is 10.5 Å². The van der Waals surface area contributed by atoms with Crippen molar-refractivity contribution in [1.82, 2.24) is 9.80 Å². The van der Waals surface area contributed by atoms with Crippen molar-refractivity contribution in [3.8, 4) is 5.75 Å². The average molecular weight is 289 g/mol. The number of hydrogen-bond donors (Lipinski definition) is 1. The van der Waals surface area contributed by atoms with Crippen molar-refractivity contribution < 1.29 is 4.74 Å². The first-order chi connectivity index (χ1) is 10.3. The molecule has 1 saturated heterocycles. The number of rotatable bonds is 7. The van der Waals surface area contributed by atoms with E-state index >= 15 is 0 Å². The zero-order valence-electron chi connectivity index (χ0n) is 12.8. The van der Waals surface area contributed by atoms with Gasteiger partial charge < -0.3 is 20.3 Å². The monoisotopic (exact) mass is 289 g/mol. The van der Waals surface area contributed by atoms with Gasteiger partial charge in [-0.25, -0.2) is 0 Å². The van der Waals surface area contributed by atoms with Gasteiger partial charge in [0.05, 0.1) is 6.61 Å². The lowest BCUT2D eigenvalue weighted by atomic mass is 10.2. The lowest BCUT2D eigenvalue weighted by Crippen LogP contribution is -2.47. The molecule has 0 spiro atoms. The van der Waals surface area contributed by atoms with Gasteiger partial charge in [-0.2, -0.15) is 0 Å². The first-order valence-corrected chi connectivity index (χ1v) is 8.22. The van der Waals surface area contributed by atoms with E-state index in [9.17, 15) is 0 Å². The standard InChI is InChI=1S/C17H27N3O/c18-16-4-6-17(7-5-16)21-13-1-8-19-9-11-20(12-10-19)14-15-2-3-15/h4-7,15H,1-3,8-14,18H2. The summed E-state index contributed by atoms with van der Waals surface area (Å²) >= 11 is 0. The number of nitrogen functional groups attached to an aromatic ring is 1. The zero-order chi connectivity index (χ0) is 14.5. The van der Waals surface area contributed by atoms with E-state index in [0.29, 0.717) is 0 Å². The van der Waals surface area contributed by atoms with Crippen LogP contribution in [0.4, 0.5) is 5.69 Å². The molecule has 2 N–H and O–H groups in total. The molecule has 2 fully saturated rings. The maximum atomic E-state index is 5.74. The Kier molecular flexibility index (Phi) is 4.99. The molecule has 21 heavy (non-hydrogen) atoms. The van der Waals surface area contributed by atoms with Crippen molar-refractivity contribution in [1.29, 1.82) is 0 Å². The number of piperazine rings is 1. The predicted molar refractivity (Wildman–Crippen MR) is 86.6 cm³/mol. The number of nitrogens with zero attached hydrogens (tertiary/aromatic N) is 2. The molecule has 0 aromatic heterocycles. The van der Waals surface area contributed by atoms with Crippen LogP contribution in [0.15, 0.2) is 24.3 Å². The van der Waals surface area contributed by atoms with Crippen molar-refractivity contribution in [3.63, 3.8) is 0 Å². The Hall–Kier alpha value is -1.26. The van der Waals surface area contributed by atoms with Crippen LogP contribution in [0.5, 0.6) is 5.75 Å². The average Bonchev–Trinajstić information content (AvgIpc) is 3.31. The minimum atomic E-state index is 0.784. The van der Waals surface area contributed by atoms with E-state index in [-0.39, 0.29) is 0 Å². The van der Waals surface area contributed by atoms with Crippen LogP contribution < -0.4 is 10.5 Å². The molecule has 4 heteroatoms. The van der Waals surface area contributed by atoms with E-state index in [1.165, 1.54) is 45.6 Å². The Morgan fingerprint density at radius 2 is 1.67 bits per heavy atom. The van der Waals surface area contributed by atoms with Crippen LogP contribution in [0.2, 0.25) is 0 Å². The third-order valence-electron chi connectivity index (χ3n) is 4.45. The second-order valence-electron chi connectivity index (χ2n) is 6.36. The highest BCUT2D eigenvalue weighted by Gasteiger charge is 2.26. The normalized spacial score (nSPS) is 20.6. The molecule has 1 aliphatic heterocycles. The number of benzene rings is 1. The van der Waals surface area contributed by atoms with Gasteiger partial charge >= 0.3 is 0 Å². The second-order valence-corrected chi connectivity index (χ2v) is 6.36. The van der Waals surface area contributed by atoms with Crippen LogP contribution in [0.3, 0.4) is 0 Å². The molecular formula is C17H27N3O. The molecule has 4 nitrogen and oxygen atoms in total. The maximum absolute atomic E-state index is 5.74. The molecule has 1 aromatic carbocycles. The number of nitrogens with two attached hydrogens (primary N) is 1. The summed E-state index contributed by atoms with van der Waals surface area (Å²) in [5, 5.41) is 0. The molecule has 2 aliphatic rings. The lowest BCUT2D eigenvalue weighted by molar-refractivity contribution is 0.122. The lowest BCUT2D eigenvalue weighted by Gasteiger charge is -2.34. The summed E-state index contributed by atoms with van der Waals surface area (Å²) in [5.41, 5.74) is 6.44. The van der Waals surface area contributed by atoms with Gasteiger partial charge in [0.15, 0.2) is 0 Å². The van der Waals surface area contributed by atoms with Crippen molar-refractivity contribution in [3.05, 3.63) is 24.3 Å². The van der Waals surface area contributed by atoms with Crippen molar-refractivity contribution in [2.24, 2.45) is 5.92 Å². The first kappa shape index (κ1) is 14.7. The van der Waals surface area contributed by atoms with Crippen molar-refractivity contribution in [2.75, 3.05) is 51.6 Å². The van der Waals surface area contributed by atoms with Gasteiger partial charge in [0.1, 0.15) is 5.75 Å². The van der Waals surface area contributed by atoms with Gasteiger partial charge in [-0.3, -0.25) is 0 Å². The third kappa shape index (κ3) is 4.90. The van der Waals surface area contributed by atoms with Crippen molar-refractivity contribution >= 4 is 5.69 Å². The summed E-state index contributed by atoms with van der Waals surface area (Å²) < 4.78 is 5.74. The van der Waals surface area contributed by atoms with E-state index < -0.39 is 0 Å². The summed E-state index contributed by atoms with van der Waals surface area (Å²) in [5.74, 6) is 1.93. The summed E-state index contributed by atoms with van der Waals surface area (Å²) in [7, 11) is 0. The molecule has 116 valence electrons. The fourth-order valence-electron chi connectivity index (χ4n) is 2.90. The zero-order valence-corrected chi connectivity index (χ0v) is 12.8. The molecule has 0 unspecified atom stereocenters. The van der Waals surface area contributed by atoms with E-state index in [1.54, 1.807) is 0 Å². The van der Waals surface area contributed by atoms with Gasteiger partial charge in [-0.15, -0.1) is 0 Å². The highest BCUT2D eigenvalue weighted by atomic mass is 16.5. The fraction of sp³-hybridized carbons (Fsp3) is 0.647. The van der Waals surface area contributed by atoms with Crippen LogP contribution in [-0.4, -0.2) is 55.7 Å². The highest BCUT2D eigenvalue weighted by Crippen LogP contribution is 2.29. The van der Waals surface area contributed by atoms with E-state index in [2.05, 4.69) is 9.80 Å². The summed E-state index contributed by atoms with van der Waals surface area (Å²) in [4.78, 5) is 5.20. The SMILES string of the molecule is Nc1ccc(OCCCN2CCN(CC3CC3)CC2)cc1. The Labute approximate surface area is 127 Å². The van der Waals surface area contributed by atoms with Crippen LogP contribution in [0.1, 0.15) is 19.3 Å². The Balaban J connectivity index is 1.27. The third-order valence-corrected chi connectivity index (χ3v) is 4.45. The van der Waals surface area contributed by atoms with Gasteiger partial charge in [-0.05, 0) is 49.4 Å². The van der Waals surface area contributed by atoms with Gasteiger partial charge in [0.25, 0.3) is 0 Å². The van der Waals surface area contributed by atoms with Crippen LogP contribution in [0, 0.1) is 5.92 Å². The number of ether oxygens (including phenoxy) is 1. The molecule has 0 radical (unpaired) electrons. The summed E-state index contributed by atoms with van der Waals surface area (Å²) in [6, 6.07) is 7.64. The quantitative estimate of drug-likeness (QED) is 0.616. The van der Waals surface area contributed by atoms with E-state index in [0.717, 1.165) is 36.9 Å². The minimum Gasteiger partial charge on any atom is -0.494 e. The largest absolute Gasteiger partial charge is 0.494 e. The minimum absolute atomic E-state index is 0.784. The van der Waals surface area contributed by atoms with E-state index in [1.807, 2.05) is 24.3 Å². The van der Waals surface area contributed by atoms with Gasteiger partial charge in [0.2, 0.25) is 0 Å². The summed E-state index contributed by atoms with van der Waals surface area (Å²) in [6.45, 7) is 8.19. The smallest absolute Gasteiger partial charge is 0.119 e.